The SMILES string of the molecule is O=C1Cc2ccc(CNc3ccccc3)cc2OC1=O. The maximum Gasteiger partial charge on any atom is 0.380 e. The number of carbonyl (C=O) groups excluding carboxylic acids is 2. The smallest absolute Gasteiger partial charge is 0.380 e. The van der Waals surface area contributed by atoms with Gasteiger partial charge in [-0.15, -0.1) is 0 Å². The molecule has 3 rings (SSSR count). The Labute approximate surface area is 116 Å². The fourth-order valence-electron chi connectivity index (χ4n) is 2.11. The lowest BCUT2D eigenvalue weighted by Crippen LogP contribution is -2.27. The van der Waals surface area contributed by atoms with Crippen LogP contribution in [0.25, 0.3) is 0 Å². The number of ketones is 1. The van der Waals surface area contributed by atoms with Gasteiger partial charge in [0.2, 0.25) is 5.78 Å². The Morgan fingerprint density at radius 1 is 1.05 bits per heavy atom. The van der Waals surface area contributed by atoms with Crippen LogP contribution in [0.1, 0.15) is 11.1 Å². The number of hydrogen-bond acceptors (Lipinski definition) is 4. The number of benzene rings is 2. The third kappa shape index (κ3) is 2.54. The zero-order chi connectivity index (χ0) is 13.9. The summed E-state index contributed by atoms with van der Waals surface area (Å²) in [5, 5.41) is 3.28. The monoisotopic (exact) mass is 267 g/mol. The molecule has 1 aliphatic heterocycles. The van der Waals surface area contributed by atoms with Gasteiger partial charge in [0, 0.05) is 24.2 Å². The molecule has 1 heterocycles. The first-order valence-electron chi connectivity index (χ1n) is 6.38. The van der Waals surface area contributed by atoms with Crippen molar-refractivity contribution in [3.63, 3.8) is 0 Å². The van der Waals surface area contributed by atoms with E-state index in [1.807, 2.05) is 42.5 Å². The zero-order valence-corrected chi connectivity index (χ0v) is 10.8. The van der Waals surface area contributed by atoms with Crippen LogP contribution in [0.2, 0.25) is 0 Å². The molecule has 0 amide bonds. The van der Waals surface area contributed by atoms with E-state index in [1.54, 1.807) is 6.07 Å². The number of Topliss-reactive ketones (excluding diaryl/α,β-unsaturated/α-hetero) is 1. The van der Waals surface area contributed by atoms with E-state index in [0.29, 0.717) is 12.3 Å². The highest BCUT2D eigenvalue weighted by Crippen LogP contribution is 2.25. The molecule has 0 unspecified atom stereocenters. The number of esters is 1. The summed E-state index contributed by atoms with van der Waals surface area (Å²) in [6.45, 7) is 0.628. The number of ether oxygens (including phenoxy) is 1. The number of hydrogen-bond donors (Lipinski definition) is 1. The van der Waals surface area contributed by atoms with E-state index in [4.69, 9.17) is 4.74 Å². The molecule has 0 atom stereocenters. The van der Waals surface area contributed by atoms with Crippen molar-refractivity contribution in [3.05, 3.63) is 59.7 Å². The van der Waals surface area contributed by atoms with Crippen molar-refractivity contribution in [2.45, 2.75) is 13.0 Å². The number of rotatable bonds is 3. The highest BCUT2D eigenvalue weighted by Gasteiger charge is 2.25. The van der Waals surface area contributed by atoms with Gasteiger partial charge in [-0.1, -0.05) is 30.3 Å². The molecule has 0 aliphatic carbocycles. The van der Waals surface area contributed by atoms with Crippen LogP contribution in [0.15, 0.2) is 48.5 Å². The van der Waals surface area contributed by atoms with Crippen molar-refractivity contribution < 1.29 is 14.3 Å². The van der Waals surface area contributed by atoms with E-state index in [2.05, 4.69) is 5.32 Å². The Bertz CT molecular complexity index is 665. The number of carbonyl (C=O) groups is 2. The molecule has 0 bridgehead atoms. The maximum absolute atomic E-state index is 11.3. The van der Waals surface area contributed by atoms with E-state index in [1.165, 1.54) is 0 Å². The molecular formula is C16H13NO3. The lowest BCUT2D eigenvalue weighted by molar-refractivity contribution is -0.147. The molecule has 0 fully saturated rings. The summed E-state index contributed by atoms with van der Waals surface area (Å²) in [5.74, 6) is -0.778. The molecule has 2 aromatic rings. The number of para-hydroxylation sites is 1. The molecule has 0 spiro atoms. The molecule has 2 aromatic carbocycles. The molecule has 4 heteroatoms. The first-order valence-corrected chi connectivity index (χ1v) is 6.38. The van der Waals surface area contributed by atoms with Gasteiger partial charge in [-0.25, -0.2) is 4.79 Å². The Morgan fingerprint density at radius 2 is 1.85 bits per heavy atom. The summed E-state index contributed by atoms with van der Waals surface area (Å²) < 4.78 is 5.02. The van der Waals surface area contributed by atoms with E-state index >= 15 is 0 Å². The Kier molecular flexibility index (Phi) is 3.21. The van der Waals surface area contributed by atoms with Gasteiger partial charge >= 0.3 is 5.97 Å². The van der Waals surface area contributed by atoms with Crippen molar-refractivity contribution in [1.29, 1.82) is 0 Å². The second-order valence-corrected chi connectivity index (χ2v) is 4.65. The number of nitrogens with one attached hydrogen (secondary N) is 1. The minimum absolute atomic E-state index is 0.126. The summed E-state index contributed by atoms with van der Waals surface area (Å²) in [7, 11) is 0. The van der Waals surface area contributed by atoms with Gasteiger partial charge in [0.1, 0.15) is 5.75 Å². The third-order valence-corrected chi connectivity index (χ3v) is 3.18. The van der Waals surface area contributed by atoms with Gasteiger partial charge in [0.25, 0.3) is 0 Å². The predicted molar refractivity (Wildman–Crippen MR) is 74.6 cm³/mol. The maximum atomic E-state index is 11.3. The van der Waals surface area contributed by atoms with E-state index in [0.717, 1.165) is 16.8 Å². The minimum atomic E-state index is -0.773. The quantitative estimate of drug-likeness (QED) is 0.527. The van der Waals surface area contributed by atoms with Crippen molar-refractivity contribution in [2.24, 2.45) is 0 Å². The Morgan fingerprint density at radius 3 is 2.65 bits per heavy atom. The van der Waals surface area contributed by atoms with Crippen LogP contribution in [0.4, 0.5) is 5.69 Å². The Hall–Kier alpha value is -2.62. The molecule has 1 aliphatic rings. The van der Waals surface area contributed by atoms with E-state index in [9.17, 15) is 9.59 Å². The molecule has 0 radical (unpaired) electrons. The average Bonchev–Trinajstić information content (AvgIpc) is 2.47. The summed E-state index contributed by atoms with van der Waals surface area (Å²) in [6, 6.07) is 15.4. The van der Waals surface area contributed by atoms with Crippen LogP contribution in [0.3, 0.4) is 0 Å². The molecule has 20 heavy (non-hydrogen) atoms. The highest BCUT2D eigenvalue weighted by molar-refractivity contribution is 6.35. The number of fused-ring (bicyclic) bond motifs is 1. The molecule has 1 N–H and O–H groups in total. The molecule has 4 nitrogen and oxygen atoms in total. The van der Waals surface area contributed by atoms with Crippen LogP contribution in [-0.2, 0) is 22.6 Å². The lowest BCUT2D eigenvalue weighted by Gasteiger charge is -2.15. The lowest BCUT2D eigenvalue weighted by atomic mass is 10.0. The van der Waals surface area contributed by atoms with E-state index in [-0.39, 0.29) is 6.42 Å². The average molecular weight is 267 g/mol. The summed E-state index contributed by atoms with van der Waals surface area (Å²) in [5.41, 5.74) is 2.78. The van der Waals surface area contributed by atoms with Crippen LogP contribution in [-0.4, -0.2) is 11.8 Å². The predicted octanol–water partition coefficient (Wildman–Crippen LogP) is 2.33. The topological polar surface area (TPSA) is 55.4 Å². The van der Waals surface area contributed by atoms with Crippen LogP contribution < -0.4 is 10.1 Å². The molecular weight excluding hydrogens is 254 g/mol. The van der Waals surface area contributed by atoms with Gasteiger partial charge in [0.05, 0.1) is 0 Å². The molecule has 100 valence electrons. The van der Waals surface area contributed by atoms with Crippen molar-refractivity contribution >= 4 is 17.4 Å². The second-order valence-electron chi connectivity index (χ2n) is 4.65. The van der Waals surface area contributed by atoms with Gasteiger partial charge in [0.15, 0.2) is 0 Å². The fraction of sp³-hybridized carbons (Fsp3) is 0.125. The van der Waals surface area contributed by atoms with Crippen LogP contribution >= 0.6 is 0 Å². The molecule has 0 saturated carbocycles. The Balaban J connectivity index is 1.74. The van der Waals surface area contributed by atoms with E-state index < -0.39 is 11.8 Å². The zero-order valence-electron chi connectivity index (χ0n) is 10.8. The first-order chi connectivity index (χ1) is 9.72. The third-order valence-electron chi connectivity index (χ3n) is 3.18. The second kappa shape index (κ2) is 5.17. The van der Waals surface area contributed by atoms with Gasteiger partial charge in [-0.05, 0) is 23.8 Å². The standard InChI is InChI=1S/C16H13NO3/c18-14-9-12-7-6-11(8-15(12)20-16(14)19)10-17-13-4-2-1-3-5-13/h1-8,17H,9-10H2. The highest BCUT2D eigenvalue weighted by atomic mass is 16.5. The van der Waals surface area contributed by atoms with Crippen molar-refractivity contribution in [1.82, 2.24) is 0 Å². The first kappa shape index (κ1) is 12.4. The van der Waals surface area contributed by atoms with Gasteiger partial charge in [-0.3, -0.25) is 4.79 Å². The molecule has 0 saturated heterocycles. The number of anilines is 1. The van der Waals surface area contributed by atoms with Crippen LogP contribution in [0.5, 0.6) is 5.75 Å². The van der Waals surface area contributed by atoms with Crippen molar-refractivity contribution in [3.8, 4) is 5.75 Å². The van der Waals surface area contributed by atoms with Gasteiger partial charge in [-0.2, -0.15) is 0 Å². The summed E-state index contributed by atoms with van der Waals surface area (Å²) in [6.07, 6.45) is 0.126. The summed E-state index contributed by atoms with van der Waals surface area (Å²) >= 11 is 0. The normalized spacial score (nSPS) is 13.6. The largest absolute Gasteiger partial charge is 0.420 e. The minimum Gasteiger partial charge on any atom is -0.420 e. The summed E-state index contributed by atoms with van der Waals surface area (Å²) in [4.78, 5) is 22.5. The van der Waals surface area contributed by atoms with Gasteiger partial charge < -0.3 is 10.1 Å². The fourth-order valence-corrected chi connectivity index (χ4v) is 2.11. The van der Waals surface area contributed by atoms with Crippen LogP contribution in [0, 0.1) is 0 Å². The van der Waals surface area contributed by atoms with Crippen molar-refractivity contribution in [2.75, 3.05) is 5.32 Å². The molecule has 0 aromatic heterocycles.